The molecule has 0 saturated carbocycles. The number of amides is 1. The highest BCUT2D eigenvalue weighted by atomic mass is 16.5. The smallest absolute Gasteiger partial charge is 0.254 e. The van der Waals surface area contributed by atoms with E-state index in [-0.39, 0.29) is 18.1 Å². The molecule has 0 spiro atoms. The standard InChI is InChI=1S/C15H23N3O2/c1-10-8-18(9-11(2)20-10)15(19)12-5-6-14(17(3)4)13(16)7-12/h5-7,10-11H,8-9,16H2,1-4H3. The van der Waals surface area contributed by atoms with Crippen molar-refractivity contribution in [3.8, 4) is 0 Å². The topological polar surface area (TPSA) is 58.8 Å². The molecule has 110 valence electrons. The Kier molecular flexibility index (Phi) is 4.18. The van der Waals surface area contributed by atoms with Crippen LogP contribution in [0.25, 0.3) is 0 Å². The Morgan fingerprint density at radius 1 is 1.30 bits per heavy atom. The van der Waals surface area contributed by atoms with E-state index in [4.69, 9.17) is 10.5 Å². The zero-order chi connectivity index (χ0) is 14.9. The fraction of sp³-hybridized carbons (Fsp3) is 0.533. The monoisotopic (exact) mass is 277 g/mol. The summed E-state index contributed by atoms with van der Waals surface area (Å²) in [7, 11) is 3.86. The average Bonchev–Trinajstić information content (AvgIpc) is 2.36. The van der Waals surface area contributed by atoms with E-state index in [1.54, 1.807) is 6.07 Å². The van der Waals surface area contributed by atoms with Crippen LogP contribution in [0.5, 0.6) is 0 Å². The number of morpholine rings is 1. The molecular weight excluding hydrogens is 254 g/mol. The van der Waals surface area contributed by atoms with Crippen LogP contribution in [0.3, 0.4) is 0 Å². The van der Waals surface area contributed by atoms with Gasteiger partial charge >= 0.3 is 0 Å². The highest BCUT2D eigenvalue weighted by Crippen LogP contribution is 2.23. The van der Waals surface area contributed by atoms with Crippen molar-refractivity contribution >= 4 is 17.3 Å². The quantitative estimate of drug-likeness (QED) is 0.834. The van der Waals surface area contributed by atoms with Crippen LogP contribution in [0.1, 0.15) is 24.2 Å². The zero-order valence-corrected chi connectivity index (χ0v) is 12.6. The first kappa shape index (κ1) is 14.7. The SMILES string of the molecule is CC1CN(C(=O)c2ccc(N(C)C)c(N)c2)CC(C)O1. The first-order valence-electron chi connectivity index (χ1n) is 6.90. The van der Waals surface area contributed by atoms with Crippen LogP contribution in [0.15, 0.2) is 18.2 Å². The molecule has 5 heteroatoms. The Hall–Kier alpha value is -1.75. The molecule has 0 aromatic heterocycles. The second-order valence-corrected chi connectivity index (χ2v) is 5.64. The van der Waals surface area contributed by atoms with E-state index in [0.29, 0.717) is 24.3 Å². The van der Waals surface area contributed by atoms with Gasteiger partial charge in [0.2, 0.25) is 0 Å². The lowest BCUT2D eigenvalue weighted by Gasteiger charge is -2.35. The number of nitrogens with zero attached hydrogens (tertiary/aromatic N) is 2. The van der Waals surface area contributed by atoms with Crippen molar-refractivity contribution in [3.63, 3.8) is 0 Å². The summed E-state index contributed by atoms with van der Waals surface area (Å²) in [6.07, 6.45) is 0.141. The van der Waals surface area contributed by atoms with Crippen molar-refractivity contribution in [1.82, 2.24) is 4.90 Å². The number of carbonyl (C=O) groups excluding carboxylic acids is 1. The summed E-state index contributed by atoms with van der Waals surface area (Å²) in [5, 5.41) is 0. The van der Waals surface area contributed by atoms with Crippen molar-refractivity contribution < 1.29 is 9.53 Å². The van der Waals surface area contributed by atoms with Gasteiger partial charge in [0.25, 0.3) is 5.91 Å². The largest absolute Gasteiger partial charge is 0.397 e. The van der Waals surface area contributed by atoms with Crippen LogP contribution in [0, 0.1) is 0 Å². The minimum atomic E-state index is 0.0176. The normalized spacial score (nSPS) is 22.7. The third-order valence-corrected chi connectivity index (χ3v) is 3.46. The number of hydrogen-bond acceptors (Lipinski definition) is 4. The van der Waals surface area contributed by atoms with Gasteiger partial charge in [0.15, 0.2) is 0 Å². The summed E-state index contributed by atoms with van der Waals surface area (Å²) in [6.45, 7) is 5.22. The first-order valence-corrected chi connectivity index (χ1v) is 6.90. The Bertz CT molecular complexity index is 492. The molecule has 0 bridgehead atoms. The Balaban J connectivity index is 2.19. The van der Waals surface area contributed by atoms with Crippen LogP contribution < -0.4 is 10.6 Å². The minimum Gasteiger partial charge on any atom is -0.397 e. The third kappa shape index (κ3) is 3.04. The Morgan fingerprint density at radius 2 is 1.90 bits per heavy atom. The molecule has 5 nitrogen and oxygen atoms in total. The number of rotatable bonds is 2. The Labute approximate surface area is 120 Å². The van der Waals surface area contributed by atoms with Gasteiger partial charge in [0, 0.05) is 32.7 Å². The minimum absolute atomic E-state index is 0.0176. The molecule has 2 rings (SSSR count). The zero-order valence-electron chi connectivity index (χ0n) is 12.6. The predicted molar refractivity (Wildman–Crippen MR) is 81.1 cm³/mol. The summed E-state index contributed by atoms with van der Waals surface area (Å²) in [6, 6.07) is 5.47. The number of ether oxygens (including phenoxy) is 1. The average molecular weight is 277 g/mol. The van der Waals surface area contributed by atoms with Crippen molar-refractivity contribution in [3.05, 3.63) is 23.8 Å². The number of carbonyl (C=O) groups is 1. The molecule has 2 atom stereocenters. The van der Waals surface area contributed by atoms with Gasteiger partial charge in [-0.1, -0.05) is 0 Å². The van der Waals surface area contributed by atoms with E-state index in [1.807, 2.05) is 49.9 Å². The van der Waals surface area contributed by atoms with Gasteiger partial charge in [0.05, 0.1) is 23.6 Å². The van der Waals surface area contributed by atoms with Gasteiger partial charge in [0.1, 0.15) is 0 Å². The van der Waals surface area contributed by atoms with Gasteiger partial charge in [-0.25, -0.2) is 0 Å². The van der Waals surface area contributed by atoms with Crippen LogP contribution in [-0.2, 0) is 4.74 Å². The fourth-order valence-electron chi connectivity index (χ4n) is 2.62. The number of hydrogen-bond donors (Lipinski definition) is 1. The summed E-state index contributed by atoms with van der Waals surface area (Å²) < 4.78 is 5.65. The fourth-order valence-corrected chi connectivity index (χ4v) is 2.62. The Morgan fingerprint density at radius 3 is 2.40 bits per heavy atom. The molecule has 20 heavy (non-hydrogen) atoms. The lowest BCUT2D eigenvalue weighted by atomic mass is 10.1. The van der Waals surface area contributed by atoms with E-state index in [1.165, 1.54) is 0 Å². The second kappa shape index (κ2) is 5.71. The van der Waals surface area contributed by atoms with Gasteiger partial charge in [-0.15, -0.1) is 0 Å². The predicted octanol–water partition coefficient (Wildman–Crippen LogP) is 1.58. The highest BCUT2D eigenvalue weighted by molar-refractivity contribution is 5.96. The molecule has 1 aromatic rings. The van der Waals surface area contributed by atoms with Crippen molar-refractivity contribution in [2.45, 2.75) is 26.1 Å². The number of nitrogens with two attached hydrogens (primary N) is 1. The van der Waals surface area contributed by atoms with Gasteiger partial charge in [-0.3, -0.25) is 4.79 Å². The van der Waals surface area contributed by atoms with Gasteiger partial charge in [-0.2, -0.15) is 0 Å². The van der Waals surface area contributed by atoms with E-state index in [0.717, 1.165) is 5.69 Å². The van der Waals surface area contributed by atoms with Gasteiger partial charge in [-0.05, 0) is 32.0 Å². The van der Waals surface area contributed by atoms with Crippen molar-refractivity contribution in [2.75, 3.05) is 37.8 Å². The van der Waals surface area contributed by atoms with E-state index < -0.39 is 0 Å². The summed E-state index contributed by atoms with van der Waals surface area (Å²) in [5.74, 6) is 0.0176. The molecule has 2 N–H and O–H groups in total. The molecule has 1 aromatic carbocycles. The molecule has 1 saturated heterocycles. The van der Waals surface area contributed by atoms with Crippen LogP contribution in [0.2, 0.25) is 0 Å². The number of nitrogen functional groups attached to an aromatic ring is 1. The molecule has 1 amide bonds. The molecule has 2 unspecified atom stereocenters. The van der Waals surface area contributed by atoms with Crippen LogP contribution in [0.4, 0.5) is 11.4 Å². The molecule has 0 radical (unpaired) electrons. The molecular formula is C15H23N3O2. The second-order valence-electron chi connectivity index (χ2n) is 5.64. The molecule has 1 aliphatic heterocycles. The van der Waals surface area contributed by atoms with Crippen LogP contribution in [-0.4, -0.2) is 50.2 Å². The summed E-state index contributed by atoms with van der Waals surface area (Å²) in [4.78, 5) is 16.3. The molecule has 0 aliphatic carbocycles. The number of benzene rings is 1. The van der Waals surface area contributed by atoms with Crippen molar-refractivity contribution in [1.29, 1.82) is 0 Å². The summed E-state index contributed by atoms with van der Waals surface area (Å²) in [5.41, 5.74) is 8.18. The third-order valence-electron chi connectivity index (χ3n) is 3.46. The molecule has 1 heterocycles. The van der Waals surface area contributed by atoms with E-state index in [9.17, 15) is 4.79 Å². The number of anilines is 2. The van der Waals surface area contributed by atoms with Crippen molar-refractivity contribution in [2.24, 2.45) is 0 Å². The maximum Gasteiger partial charge on any atom is 0.254 e. The lowest BCUT2D eigenvalue weighted by molar-refractivity contribution is -0.0586. The van der Waals surface area contributed by atoms with Crippen LogP contribution >= 0.6 is 0 Å². The van der Waals surface area contributed by atoms with E-state index in [2.05, 4.69) is 0 Å². The summed E-state index contributed by atoms with van der Waals surface area (Å²) >= 11 is 0. The van der Waals surface area contributed by atoms with Gasteiger partial charge < -0.3 is 20.3 Å². The maximum absolute atomic E-state index is 12.5. The highest BCUT2D eigenvalue weighted by Gasteiger charge is 2.26. The van der Waals surface area contributed by atoms with E-state index >= 15 is 0 Å². The lowest BCUT2D eigenvalue weighted by Crippen LogP contribution is -2.48. The molecule has 1 aliphatic rings. The maximum atomic E-state index is 12.5. The first-order chi connectivity index (χ1) is 9.38. The molecule has 1 fully saturated rings.